The van der Waals surface area contributed by atoms with E-state index >= 15 is 0 Å². The zero-order valence-corrected chi connectivity index (χ0v) is 9.18. The fourth-order valence-corrected chi connectivity index (χ4v) is 1.31. The Labute approximate surface area is 92.8 Å². The van der Waals surface area contributed by atoms with Gasteiger partial charge in [0.1, 0.15) is 0 Å². The lowest BCUT2D eigenvalue weighted by atomic mass is 10.0. The van der Waals surface area contributed by atoms with E-state index in [4.69, 9.17) is 5.73 Å². The van der Waals surface area contributed by atoms with Crippen molar-refractivity contribution in [1.29, 1.82) is 0 Å². The maximum Gasteiger partial charge on any atom is 0.416 e. The molecule has 88 valence electrons. The topological polar surface area (TPSA) is 26.0 Å². The predicted octanol–water partition coefficient (Wildman–Crippen LogP) is 3.37. The van der Waals surface area contributed by atoms with Gasteiger partial charge < -0.3 is 5.73 Å². The van der Waals surface area contributed by atoms with Crippen LogP contribution in [0.5, 0.6) is 0 Å². The summed E-state index contributed by atoms with van der Waals surface area (Å²) in [5.74, 6) is 0. The molecule has 2 N–H and O–H groups in total. The van der Waals surface area contributed by atoms with Crippen molar-refractivity contribution in [3.8, 4) is 0 Å². The van der Waals surface area contributed by atoms with Gasteiger partial charge >= 0.3 is 6.18 Å². The average Bonchev–Trinajstić information content (AvgIpc) is 2.14. The zero-order valence-electron chi connectivity index (χ0n) is 9.18. The number of benzene rings is 1. The lowest BCUT2D eigenvalue weighted by molar-refractivity contribution is -0.138. The van der Waals surface area contributed by atoms with Gasteiger partial charge in [-0.15, -0.1) is 0 Å². The van der Waals surface area contributed by atoms with E-state index in [1.165, 1.54) is 13.0 Å². The predicted molar refractivity (Wildman–Crippen MR) is 58.9 cm³/mol. The summed E-state index contributed by atoms with van der Waals surface area (Å²) in [5.41, 5.74) is 5.62. The lowest BCUT2D eigenvalue weighted by Crippen LogP contribution is -2.10. The summed E-state index contributed by atoms with van der Waals surface area (Å²) in [7, 11) is 0. The summed E-state index contributed by atoms with van der Waals surface area (Å²) in [5, 5.41) is 0. The second-order valence-corrected chi connectivity index (χ2v) is 3.79. The highest BCUT2D eigenvalue weighted by atomic mass is 19.4. The fraction of sp³-hybridized carbons (Fsp3) is 0.333. The summed E-state index contributed by atoms with van der Waals surface area (Å²) in [6.07, 6.45) is -1.05. The van der Waals surface area contributed by atoms with Gasteiger partial charge in [-0.1, -0.05) is 24.3 Å². The third-order valence-corrected chi connectivity index (χ3v) is 2.16. The number of halogens is 3. The molecule has 0 aromatic heterocycles. The van der Waals surface area contributed by atoms with E-state index in [1.807, 2.05) is 0 Å². The van der Waals surface area contributed by atoms with E-state index in [-0.39, 0.29) is 11.6 Å². The Morgan fingerprint density at radius 1 is 1.31 bits per heavy atom. The second-order valence-electron chi connectivity index (χ2n) is 3.79. The van der Waals surface area contributed by atoms with Gasteiger partial charge in [0.2, 0.25) is 0 Å². The van der Waals surface area contributed by atoms with Crippen molar-refractivity contribution in [1.82, 2.24) is 0 Å². The van der Waals surface area contributed by atoms with E-state index in [2.05, 4.69) is 0 Å². The highest BCUT2D eigenvalue weighted by Gasteiger charge is 2.32. The third-order valence-electron chi connectivity index (χ3n) is 2.16. The molecule has 0 heterocycles. The van der Waals surface area contributed by atoms with Gasteiger partial charge in [-0.2, -0.15) is 13.2 Å². The van der Waals surface area contributed by atoms with Crippen LogP contribution in [0.1, 0.15) is 23.6 Å². The maximum atomic E-state index is 12.6. The van der Waals surface area contributed by atoms with E-state index < -0.39 is 11.7 Å². The molecule has 0 bridgehead atoms. The van der Waals surface area contributed by atoms with Crippen LogP contribution in [0, 0.1) is 6.92 Å². The van der Waals surface area contributed by atoms with Crippen molar-refractivity contribution >= 4 is 6.08 Å². The number of nitrogens with two attached hydrogens (primary N) is 1. The van der Waals surface area contributed by atoms with Crippen LogP contribution in [0.25, 0.3) is 6.08 Å². The van der Waals surface area contributed by atoms with Crippen LogP contribution in [-0.4, -0.2) is 6.04 Å². The van der Waals surface area contributed by atoms with Gasteiger partial charge in [-0.25, -0.2) is 0 Å². The van der Waals surface area contributed by atoms with Gasteiger partial charge in [-0.3, -0.25) is 0 Å². The molecule has 0 saturated carbocycles. The SMILES string of the molecule is Cc1ccc(/C=C/C(C)N)cc1C(F)(F)F. The largest absolute Gasteiger partial charge is 0.416 e. The molecule has 1 unspecified atom stereocenters. The first kappa shape index (κ1) is 12.8. The van der Waals surface area contributed by atoms with Crippen molar-refractivity contribution in [2.75, 3.05) is 0 Å². The highest BCUT2D eigenvalue weighted by Crippen LogP contribution is 2.32. The van der Waals surface area contributed by atoms with Crippen molar-refractivity contribution in [2.45, 2.75) is 26.1 Å². The van der Waals surface area contributed by atoms with E-state index in [1.54, 1.807) is 25.1 Å². The number of aryl methyl sites for hydroxylation is 1. The minimum Gasteiger partial charge on any atom is -0.325 e. The first-order chi connectivity index (χ1) is 7.30. The van der Waals surface area contributed by atoms with Gasteiger partial charge in [0.15, 0.2) is 0 Å². The normalized spacial score (nSPS) is 14.4. The van der Waals surface area contributed by atoms with Crippen molar-refractivity contribution in [3.63, 3.8) is 0 Å². The number of hydrogen-bond acceptors (Lipinski definition) is 1. The summed E-state index contributed by atoms with van der Waals surface area (Å²) in [6, 6.07) is 4.07. The highest BCUT2D eigenvalue weighted by molar-refractivity contribution is 5.52. The first-order valence-corrected chi connectivity index (χ1v) is 4.92. The molecular formula is C12H14F3N. The molecule has 1 atom stereocenters. The monoisotopic (exact) mass is 229 g/mol. The Morgan fingerprint density at radius 2 is 1.94 bits per heavy atom. The molecule has 1 rings (SSSR count). The molecule has 0 aliphatic carbocycles. The third kappa shape index (κ3) is 3.38. The van der Waals surface area contributed by atoms with Crippen LogP contribution >= 0.6 is 0 Å². The van der Waals surface area contributed by atoms with Crippen molar-refractivity contribution in [2.24, 2.45) is 5.73 Å². The standard InChI is InChI=1S/C12H14F3N/c1-8-3-5-10(6-4-9(2)16)7-11(8)12(13,14)15/h3-7,9H,16H2,1-2H3/b6-4+. The van der Waals surface area contributed by atoms with Crippen molar-refractivity contribution in [3.05, 3.63) is 41.0 Å². The molecule has 0 amide bonds. The molecule has 0 spiro atoms. The van der Waals surface area contributed by atoms with Gasteiger partial charge in [0, 0.05) is 6.04 Å². The minimum atomic E-state index is -4.30. The van der Waals surface area contributed by atoms with E-state index in [0.29, 0.717) is 5.56 Å². The summed E-state index contributed by atoms with van der Waals surface area (Å²) < 4.78 is 37.7. The molecule has 0 radical (unpaired) electrons. The van der Waals surface area contributed by atoms with Gasteiger partial charge in [-0.05, 0) is 31.0 Å². The zero-order chi connectivity index (χ0) is 12.3. The molecule has 1 nitrogen and oxygen atoms in total. The molecule has 1 aromatic carbocycles. The Hall–Kier alpha value is -1.29. The van der Waals surface area contributed by atoms with Crippen LogP contribution < -0.4 is 5.73 Å². The Bertz CT molecular complexity index is 392. The first-order valence-electron chi connectivity index (χ1n) is 4.92. The summed E-state index contributed by atoms with van der Waals surface area (Å²) in [6.45, 7) is 3.21. The molecule has 0 saturated heterocycles. The number of rotatable bonds is 2. The lowest BCUT2D eigenvalue weighted by Gasteiger charge is -2.10. The van der Waals surface area contributed by atoms with Crippen molar-refractivity contribution < 1.29 is 13.2 Å². The quantitative estimate of drug-likeness (QED) is 0.826. The van der Waals surface area contributed by atoms with Crippen LogP contribution in [0.15, 0.2) is 24.3 Å². The number of hydrogen-bond donors (Lipinski definition) is 1. The number of alkyl halides is 3. The van der Waals surface area contributed by atoms with E-state index in [0.717, 1.165) is 6.07 Å². The van der Waals surface area contributed by atoms with Crippen LogP contribution in [0.2, 0.25) is 0 Å². The van der Waals surface area contributed by atoms with Gasteiger partial charge in [0.25, 0.3) is 0 Å². The minimum absolute atomic E-state index is 0.171. The summed E-state index contributed by atoms with van der Waals surface area (Å²) in [4.78, 5) is 0. The van der Waals surface area contributed by atoms with Crippen LogP contribution in [0.4, 0.5) is 13.2 Å². The summed E-state index contributed by atoms with van der Waals surface area (Å²) >= 11 is 0. The molecular weight excluding hydrogens is 215 g/mol. The second kappa shape index (κ2) is 4.70. The smallest absolute Gasteiger partial charge is 0.325 e. The molecule has 1 aromatic rings. The molecule has 16 heavy (non-hydrogen) atoms. The van der Waals surface area contributed by atoms with E-state index in [9.17, 15) is 13.2 Å². The maximum absolute atomic E-state index is 12.6. The Balaban J connectivity index is 3.08. The Morgan fingerprint density at radius 3 is 2.44 bits per heavy atom. The molecule has 0 fully saturated rings. The molecule has 0 aliphatic heterocycles. The molecule has 0 aliphatic rings. The van der Waals surface area contributed by atoms with Crippen LogP contribution in [0.3, 0.4) is 0 Å². The fourth-order valence-electron chi connectivity index (χ4n) is 1.31. The molecule has 4 heteroatoms. The van der Waals surface area contributed by atoms with Gasteiger partial charge in [0.05, 0.1) is 5.56 Å². The Kier molecular flexibility index (Phi) is 3.75. The van der Waals surface area contributed by atoms with Crippen LogP contribution in [-0.2, 0) is 6.18 Å². The average molecular weight is 229 g/mol.